The third-order valence-corrected chi connectivity index (χ3v) is 7.72. The Bertz CT molecular complexity index is 1100. The summed E-state index contributed by atoms with van der Waals surface area (Å²) in [4.78, 5) is 39.6. The molecule has 2 aliphatic carbocycles. The van der Waals surface area contributed by atoms with Gasteiger partial charge in [0.25, 0.3) is 0 Å². The Balaban J connectivity index is 1.25. The fourth-order valence-electron chi connectivity index (χ4n) is 5.51. The molecule has 1 aliphatic heterocycles. The van der Waals surface area contributed by atoms with Gasteiger partial charge in [-0.2, -0.15) is 0 Å². The van der Waals surface area contributed by atoms with Crippen LogP contribution >= 0.6 is 0 Å². The van der Waals surface area contributed by atoms with Crippen molar-refractivity contribution in [3.63, 3.8) is 0 Å². The Morgan fingerprint density at radius 1 is 1.09 bits per heavy atom. The van der Waals surface area contributed by atoms with E-state index in [0.29, 0.717) is 31.7 Å². The van der Waals surface area contributed by atoms with Gasteiger partial charge >= 0.3 is 12.1 Å². The van der Waals surface area contributed by atoms with E-state index in [1.54, 1.807) is 11.8 Å². The summed E-state index contributed by atoms with van der Waals surface area (Å²) < 4.78 is 5.67. The smallest absolute Gasteiger partial charge is 0.407 e. The van der Waals surface area contributed by atoms with Crippen LogP contribution in [0.1, 0.15) is 56.1 Å². The SMILES string of the molecule is CC1(C(=O)O)CCCN(C(=O)C(CC2CC2)NC(=O)OCC2c3ccccc3-c3ccccc32)C1. The lowest BCUT2D eigenvalue weighted by molar-refractivity contribution is -0.154. The lowest BCUT2D eigenvalue weighted by atomic mass is 9.82. The van der Waals surface area contributed by atoms with Gasteiger partial charge in [0, 0.05) is 19.0 Å². The predicted octanol–water partition coefficient (Wildman–Crippen LogP) is 4.41. The highest BCUT2D eigenvalue weighted by Gasteiger charge is 2.42. The first-order valence-electron chi connectivity index (χ1n) is 12.5. The summed E-state index contributed by atoms with van der Waals surface area (Å²) in [6.45, 7) is 2.54. The molecule has 35 heavy (non-hydrogen) atoms. The summed E-state index contributed by atoms with van der Waals surface area (Å²) in [5.41, 5.74) is 3.62. The van der Waals surface area contributed by atoms with Gasteiger partial charge in [-0.25, -0.2) is 4.79 Å². The second-order valence-corrected chi connectivity index (χ2v) is 10.4. The molecule has 184 valence electrons. The molecule has 2 unspecified atom stereocenters. The molecule has 7 heteroatoms. The van der Waals surface area contributed by atoms with Crippen molar-refractivity contribution in [2.24, 2.45) is 11.3 Å². The minimum absolute atomic E-state index is 0.0518. The van der Waals surface area contributed by atoms with Gasteiger partial charge in [-0.05, 0) is 54.4 Å². The van der Waals surface area contributed by atoms with Gasteiger partial charge in [0.15, 0.2) is 0 Å². The van der Waals surface area contributed by atoms with E-state index in [-0.39, 0.29) is 25.0 Å². The van der Waals surface area contributed by atoms with E-state index in [1.165, 1.54) is 0 Å². The van der Waals surface area contributed by atoms with Crippen molar-refractivity contribution >= 4 is 18.0 Å². The number of fused-ring (bicyclic) bond motifs is 3. The fourth-order valence-corrected chi connectivity index (χ4v) is 5.51. The summed E-state index contributed by atoms with van der Waals surface area (Å²) in [6.07, 6.45) is 3.22. The van der Waals surface area contributed by atoms with E-state index in [4.69, 9.17) is 4.74 Å². The number of carboxylic acids is 1. The molecular weight excluding hydrogens is 444 g/mol. The topological polar surface area (TPSA) is 95.9 Å². The maximum atomic E-state index is 13.4. The quantitative estimate of drug-likeness (QED) is 0.617. The number of carbonyl (C=O) groups is 3. The molecule has 2 aromatic carbocycles. The molecule has 2 aromatic rings. The molecule has 0 radical (unpaired) electrons. The van der Waals surface area contributed by atoms with Crippen molar-refractivity contribution in [3.8, 4) is 11.1 Å². The van der Waals surface area contributed by atoms with E-state index in [9.17, 15) is 19.5 Å². The fraction of sp³-hybridized carbons (Fsp3) is 0.464. The first kappa shape index (κ1) is 23.4. The zero-order chi connectivity index (χ0) is 24.6. The molecule has 0 aromatic heterocycles. The number of rotatable bonds is 7. The van der Waals surface area contributed by atoms with Gasteiger partial charge in [-0.15, -0.1) is 0 Å². The Morgan fingerprint density at radius 2 is 1.71 bits per heavy atom. The van der Waals surface area contributed by atoms with Gasteiger partial charge < -0.3 is 20.1 Å². The Labute approximate surface area is 205 Å². The first-order valence-corrected chi connectivity index (χ1v) is 12.5. The molecule has 2 N–H and O–H groups in total. The number of alkyl carbamates (subject to hydrolysis) is 1. The number of amides is 2. The first-order chi connectivity index (χ1) is 16.9. The summed E-state index contributed by atoms with van der Waals surface area (Å²) in [7, 11) is 0. The number of likely N-dealkylation sites (tertiary alicyclic amines) is 1. The van der Waals surface area contributed by atoms with E-state index in [1.807, 2.05) is 24.3 Å². The lowest BCUT2D eigenvalue weighted by Gasteiger charge is -2.39. The van der Waals surface area contributed by atoms with Gasteiger partial charge in [-0.1, -0.05) is 61.4 Å². The predicted molar refractivity (Wildman–Crippen MR) is 131 cm³/mol. The zero-order valence-corrected chi connectivity index (χ0v) is 20.0. The number of hydrogen-bond donors (Lipinski definition) is 2. The minimum atomic E-state index is -0.957. The van der Waals surface area contributed by atoms with Gasteiger partial charge in [0.1, 0.15) is 12.6 Å². The largest absolute Gasteiger partial charge is 0.481 e. The molecule has 2 fully saturated rings. The van der Waals surface area contributed by atoms with Crippen LogP contribution in [0.15, 0.2) is 48.5 Å². The number of aliphatic carboxylic acids is 1. The average molecular weight is 477 g/mol. The number of carboxylic acid groups (broad SMARTS) is 1. The molecular formula is C28H32N2O5. The second-order valence-electron chi connectivity index (χ2n) is 10.4. The summed E-state index contributed by atoms with van der Waals surface area (Å²) >= 11 is 0. The third-order valence-electron chi connectivity index (χ3n) is 7.72. The number of carbonyl (C=O) groups excluding carboxylic acids is 2. The van der Waals surface area contributed by atoms with Gasteiger partial charge in [0.2, 0.25) is 5.91 Å². The van der Waals surface area contributed by atoms with E-state index in [2.05, 4.69) is 29.6 Å². The summed E-state index contributed by atoms with van der Waals surface area (Å²) in [5.74, 6) is -0.742. The molecule has 1 saturated heterocycles. The summed E-state index contributed by atoms with van der Waals surface area (Å²) in [6, 6.07) is 15.6. The number of ether oxygens (including phenoxy) is 1. The highest BCUT2D eigenvalue weighted by atomic mass is 16.5. The normalized spacial score (nSPS) is 22.1. The Hall–Kier alpha value is -3.35. The molecule has 3 aliphatic rings. The van der Waals surface area contributed by atoms with Crippen LogP contribution in [0.4, 0.5) is 4.79 Å². The molecule has 1 saturated carbocycles. The van der Waals surface area contributed by atoms with Crippen molar-refractivity contribution in [1.82, 2.24) is 10.2 Å². The summed E-state index contributed by atoms with van der Waals surface area (Å²) in [5, 5.41) is 12.4. The van der Waals surface area contributed by atoms with Crippen LogP contribution in [-0.4, -0.2) is 53.7 Å². The van der Waals surface area contributed by atoms with Crippen LogP contribution in [0.2, 0.25) is 0 Å². The molecule has 5 rings (SSSR count). The Morgan fingerprint density at radius 3 is 2.31 bits per heavy atom. The van der Waals surface area contributed by atoms with Crippen molar-refractivity contribution in [2.45, 2.75) is 51.0 Å². The monoisotopic (exact) mass is 476 g/mol. The Kier molecular flexibility index (Phi) is 6.26. The highest BCUT2D eigenvalue weighted by molar-refractivity contribution is 5.87. The molecule has 0 bridgehead atoms. The molecule has 0 spiro atoms. The lowest BCUT2D eigenvalue weighted by Crippen LogP contribution is -2.55. The van der Waals surface area contributed by atoms with Crippen molar-refractivity contribution < 1.29 is 24.2 Å². The minimum Gasteiger partial charge on any atom is -0.481 e. The number of piperidine rings is 1. The number of nitrogens with zero attached hydrogens (tertiary/aromatic N) is 1. The average Bonchev–Trinajstić information content (AvgIpc) is 3.62. The third kappa shape index (κ3) is 4.77. The van der Waals surface area contributed by atoms with Crippen molar-refractivity contribution in [2.75, 3.05) is 19.7 Å². The van der Waals surface area contributed by atoms with Crippen LogP contribution in [-0.2, 0) is 14.3 Å². The van der Waals surface area contributed by atoms with Gasteiger partial charge in [0.05, 0.1) is 5.41 Å². The van der Waals surface area contributed by atoms with Crippen molar-refractivity contribution in [1.29, 1.82) is 0 Å². The number of hydrogen-bond acceptors (Lipinski definition) is 4. The molecule has 2 atom stereocenters. The van der Waals surface area contributed by atoms with E-state index < -0.39 is 23.5 Å². The van der Waals surface area contributed by atoms with Crippen LogP contribution in [0, 0.1) is 11.3 Å². The molecule has 2 amide bonds. The standard InChI is InChI=1S/C28H32N2O5/c1-28(26(32)33)13-6-14-30(17-28)25(31)24(15-18-11-12-18)29-27(34)35-16-23-21-9-4-2-7-19(21)20-8-3-5-10-22(20)23/h2-5,7-10,18,23-24H,6,11-17H2,1H3,(H,29,34)(H,32,33). The van der Waals surface area contributed by atoms with E-state index in [0.717, 1.165) is 35.1 Å². The van der Waals surface area contributed by atoms with Gasteiger partial charge in [-0.3, -0.25) is 9.59 Å². The zero-order valence-electron chi connectivity index (χ0n) is 20.0. The second kappa shape index (κ2) is 9.36. The number of nitrogens with one attached hydrogen (secondary N) is 1. The maximum absolute atomic E-state index is 13.4. The maximum Gasteiger partial charge on any atom is 0.407 e. The number of benzene rings is 2. The highest BCUT2D eigenvalue weighted by Crippen LogP contribution is 2.44. The molecule has 7 nitrogen and oxygen atoms in total. The molecule has 1 heterocycles. The van der Waals surface area contributed by atoms with Crippen LogP contribution in [0.25, 0.3) is 11.1 Å². The van der Waals surface area contributed by atoms with Crippen molar-refractivity contribution in [3.05, 3.63) is 59.7 Å². The van der Waals surface area contributed by atoms with Crippen LogP contribution in [0.3, 0.4) is 0 Å². The van der Waals surface area contributed by atoms with E-state index >= 15 is 0 Å². The van der Waals surface area contributed by atoms with Crippen LogP contribution in [0.5, 0.6) is 0 Å². The van der Waals surface area contributed by atoms with Crippen LogP contribution < -0.4 is 5.32 Å².